The highest BCUT2D eigenvalue weighted by molar-refractivity contribution is 5.85. The fraction of sp³-hybridized carbons (Fsp3) is 0.250. The van der Waals surface area contributed by atoms with Gasteiger partial charge in [0.25, 0.3) is 5.95 Å². The molecule has 1 heterocycles. The van der Waals surface area contributed by atoms with Crippen LogP contribution in [0.4, 0.5) is 5.95 Å². The third-order valence-electron chi connectivity index (χ3n) is 2.53. The van der Waals surface area contributed by atoms with Gasteiger partial charge in [-0.15, -0.1) is 35.0 Å². The number of nitrogens with zero attached hydrogens (tertiary/aromatic N) is 4. The Kier molecular flexibility index (Phi) is 8.06. The minimum atomic E-state index is 0. The summed E-state index contributed by atoms with van der Waals surface area (Å²) in [5.74, 6) is 7.08. The van der Waals surface area contributed by atoms with Crippen molar-refractivity contribution in [1.82, 2.24) is 14.9 Å². The summed E-state index contributed by atoms with van der Waals surface area (Å²) < 4.78 is 6.58. The van der Waals surface area contributed by atoms with Gasteiger partial charge >= 0.3 is 0 Å². The van der Waals surface area contributed by atoms with E-state index in [0.717, 1.165) is 5.56 Å². The van der Waals surface area contributed by atoms with Crippen LogP contribution in [0.3, 0.4) is 0 Å². The number of hydrogen-bond donors (Lipinski definition) is 3. The van der Waals surface area contributed by atoms with Crippen LogP contribution in [0.25, 0.3) is 0 Å². The van der Waals surface area contributed by atoms with E-state index in [-0.39, 0.29) is 30.6 Å². The highest BCUT2D eigenvalue weighted by Crippen LogP contribution is 2.26. The number of anilines is 1. The van der Waals surface area contributed by atoms with Gasteiger partial charge in [-0.2, -0.15) is 5.10 Å². The second-order valence-corrected chi connectivity index (χ2v) is 3.97. The molecule has 0 unspecified atom stereocenters. The molecule has 0 aliphatic rings. The predicted molar refractivity (Wildman–Crippen MR) is 89.9 cm³/mol. The van der Waals surface area contributed by atoms with Crippen LogP contribution in [-0.4, -0.2) is 32.8 Å². The van der Waals surface area contributed by atoms with Crippen LogP contribution >= 0.6 is 24.8 Å². The first-order valence-corrected chi connectivity index (χ1v) is 6.03. The van der Waals surface area contributed by atoms with E-state index in [2.05, 4.69) is 20.7 Å². The van der Waals surface area contributed by atoms with Crippen molar-refractivity contribution in [3.8, 4) is 11.5 Å². The lowest BCUT2D eigenvalue weighted by Crippen LogP contribution is -2.13. The number of aromatic nitrogens is 3. The Hall–Kier alpha value is -2.19. The molecule has 0 saturated heterocycles. The normalized spacial score (nSPS) is 9.91. The van der Waals surface area contributed by atoms with Gasteiger partial charge in [-0.05, 0) is 37.6 Å². The van der Waals surface area contributed by atoms with Gasteiger partial charge in [0.2, 0.25) is 0 Å². The summed E-state index contributed by atoms with van der Waals surface area (Å²) in [6, 6.07) is 4.94. The summed E-state index contributed by atoms with van der Waals surface area (Å²) >= 11 is 0. The van der Waals surface area contributed by atoms with Gasteiger partial charge in [0.05, 0.1) is 12.8 Å². The summed E-state index contributed by atoms with van der Waals surface area (Å²) in [5.41, 5.74) is 3.44. The second-order valence-electron chi connectivity index (χ2n) is 3.97. The Morgan fingerprint density at radius 3 is 2.73 bits per heavy atom. The van der Waals surface area contributed by atoms with Gasteiger partial charge in [0.15, 0.2) is 17.3 Å². The van der Waals surface area contributed by atoms with Crippen LogP contribution in [-0.2, 0) is 0 Å². The van der Waals surface area contributed by atoms with Crippen molar-refractivity contribution in [2.45, 2.75) is 13.8 Å². The minimum Gasteiger partial charge on any atom is -0.504 e. The predicted octanol–water partition coefficient (Wildman–Crippen LogP) is 1.69. The fourth-order valence-corrected chi connectivity index (χ4v) is 1.49. The van der Waals surface area contributed by atoms with Crippen molar-refractivity contribution >= 4 is 37.0 Å². The third-order valence-corrected chi connectivity index (χ3v) is 2.53. The fourth-order valence-electron chi connectivity index (χ4n) is 1.49. The van der Waals surface area contributed by atoms with E-state index in [9.17, 15) is 5.11 Å². The van der Waals surface area contributed by atoms with Gasteiger partial charge in [-0.3, -0.25) is 0 Å². The number of nitrogens with two attached hydrogens (primary N) is 1. The number of benzene rings is 1. The number of hydrazone groups is 1. The number of aryl methyl sites for hydroxylation is 1. The molecule has 2 aromatic rings. The quantitative estimate of drug-likeness (QED) is 0.430. The molecule has 122 valence electrons. The molecule has 8 nitrogen and oxygen atoms in total. The van der Waals surface area contributed by atoms with Crippen molar-refractivity contribution in [3.05, 3.63) is 29.6 Å². The van der Waals surface area contributed by atoms with Crippen molar-refractivity contribution in [2.24, 2.45) is 5.10 Å². The van der Waals surface area contributed by atoms with Gasteiger partial charge in [-0.1, -0.05) is 0 Å². The van der Waals surface area contributed by atoms with Crippen LogP contribution in [0, 0.1) is 6.92 Å². The Labute approximate surface area is 140 Å². The van der Waals surface area contributed by atoms with Crippen LogP contribution in [0.15, 0.2) is 23.3 Å². The molecule has 0 saturated carbocycles. The summed E-state index contributed by atoms with van der Waals surface area (Å²) in [7, 11) is 0. The molecule has 0 bridgehead atoms. The van der Waals surface area contributed by atoms with Crippen molar-refractivity contribution in [1.29, 1.82) is 0 Å². The summed E-state index contributed by atoms with van der Waals surface area (Å²) in [5, 5.41) is 21.2. The molecule has 0 fully saturated rings. The molecule has 10 heteroatoms. The number of phenolic OH excluding ortho intramolecular Hbond substituents is 1. The highest BCUT2D eigenvalue weighted by Gasteiger charge is 2.04. The lowest BCUT2D eigenvalue weighted by molar-refractivity contribution is 0.318. The number of nitrogen functional groups attached to an aromatic ring is 1. The minimum absolute atomic E-state index is 0. The van der Waals surface area contributed by atoms with Crippen molar-refractivity contribution in [3.63, 3.8) is 0 Å². The molecule has 1 aromatic carbocycles. The zero-order chi connectivity index (χ0) is 14.5. The summed E-state index contributed by atoms with van der Waals surface area (Å²) in [4.78, 5) is 0. The maximum Gasteiger partial charge on any atom is 0.263 e. The number of ether oxygens (including phenoxy) is 1. The lowest BCUT2D eigenvalue weighted by atomic mass is 10.2. The molecule has 0 spiro atoms. The van der Waals surface area contributed by atoms with Crippen LogP contribution in [0.2, 0.25) is 0 Å². The molecule has 0 aliphatic heterocycles. The number of hydrogen-bond acceptors (Lipinski definition) is 7. The van der Waals surface area contributed by atoms with E-state index in [1.807, 2.05) is 6.92 Å². The Morgan fingerprint density at radius 1 is 1.41 bits per heavy atom. The van der Waals surface area contributed by atoms with E-state index in [4.69, 9.17) is 10.6 Å². The molecule has 22 heavy (non-hydrogen) atoms. The van der Waals surface area contributed by atoms with E-state index in [1.165, 1.54) is 4.68 Å². The van der Waals surface area contributed by atoms with E-state index in [1.54, 1.807) is 31.3 Å². The monoisotopic (exact) mass is 348 g/mol. The smallest absolute Gasteiger partial charge is 0.263 e. The van der Waals surface area contributed by atoms with Gasteiger partial charge in [-0.25, -0.2) is 10.1 Å². The third kappa shape index (κ3) is 4.68. The first kappa shape index (κ1) is 19.8. The number of phenols is 1. The highest BCUT2D eigenvalue weighted by atomic mass is 35.5. The molecule has 0 radical (unpaired) electrons. The number of aromatic hydroxyl groups is 1. The first-order chi connectivity index (χ1) is 9.61. The summed E-state index contributed by atoms with van der Waals surface area (Å²) in [6.45, 7) is 4.05. The van der Waals surface area contributed by atoms with Crippen LogP contribution < -0.4 is 16.0 Å². The van der Waals surface area contributed by atoms with Crippen LogP contribution in [0.1, 0.15) is 18.3 Å². The summed E-state index contributed by atoms with van der Waals surface area (Å²) in [6.07, 6.45) is 1.56. The molecule has 2 rings (SSSR count). The molecule has 1 aromatic heterocycles. The van der Waals surface area contributed by atoms with Crippen molar-refractivity contribution in [2.75, 3.05) is 17.9 Å². The first-order valence-electron chi connectivity index (χ1n) is 6.03. The number of halogens is 2. The molecule has 0 aliphatic carbocycles. The van der Waals surface area contributed by atoms with E-state index >= 15 is 0 Å². The zero-order valence-corrected chi connectivity index (χ0v) is 13.7. The molecular formula is C12H18Cl2N6O2. The molecular weight excluding hydrogens is 331 g/mol. The number of rotatable bonds is 5. The second kappa shape index (κ2) is 8.96. The Bertz CT molecular complexity index is 632. The average molecular weight is 349 g/mol. The topological polar surface area (TPSA) is 111 Å². The molecule has 4 N–H and O–H groups in total. The maximum atomic E-state index is 9.59. The maximum absolute atomic E-state index is 9.59. The molecule has 0 amide bonds. The van der Waals surface area contributed by atoms with Crippen LogP contribution in [0.5, 0.6) is 11.5 Å². The largest absolute Gasteiger partial charge is 0.504 e. The number of nitrogens with one attached hydrogen (secondary N) is 1. The van der Waals surface area contributed by atoms with Gasteiger partial charge in [0, 0.05) is 0 Å². The Morgan fingerprint density at radius 2 is 2.14 bits per heavy atom. The standard InChI is InChI=1S/C12H16N6O2.2ClH/c1-3-20-11-6-9(4-5-10(11)19)7-14-16-12-17-15-8(2)18(12)13;;/h4-7,19H,3,13H2,1-2H3,(H,16,17);2*1H. The van der Waals surface area contributed by atoms with E-state index < -0.39 is 0 Å². The van der Waals surface area contributed by atoms with Crippen molar-refractivity contribution < 1.29 is 9.84 Å². The average Bonchev–Trinajstić information content (AvgIpc) is 2.75. The zero-order valence-electron chi connectivity index (χ0n) is 12.1. The van der Waals surface area contributed by atoms with Gasteiger partial charge in [0.1, 0.15) is 0 Å². The SMILES string of the molecule is CCOc1cc(C=NNc2nnc(C)n2N)ccc1O.Cl.Cl. The van der Waals surface area contributed by atoms with Gasteiger partial charge < -0.3 is 15.7 Å². The Balaban J connectivity index is 0.00000220. The molecule has 0 atom stereocenters. The van der Waals surface area contributed by atoms with E-state index in [0.29, 0.717) is 24.1 Å². The lowest BCUT2D eigenvalue weighted by Gasteiger charge is -2.06.